The fourth-order valence-corrected chi connectivity index (χ4v) is 1.44. The molecule has 16 heavy (non-hydrogen) atoms. The molecule has 0 heterocycles. The summed E-state index contributed by atoms with van der Waals surface area (Å²) in [6.07, 6.45) is 4.85. The normalized spacial score (nSPS) is 20.5. The molecular weight excluding hydrogens is 212 g/mol. The Hall–Kier alpha value is -1.36. The molecule has 0 aromatic carbocycles. The SMILES string of the molecule is COC(=O)C(OCC1C=CCC1)OC(C)=O. The maximum atomic E-state index is 11.2. The minimum atomic E-state index is -1.25. The quantitative estimate of drug-likeness (QED) is 0.399. The molecule has 0 fully saturated rings. The zero-order chi connectivity index (χ0) is 12.0. The fourth-order valence-electron chi connectivity index (χ4n) is 1.44. The van der Waals surface area contributed by atoms with Gasteiger partial charge in [-0.1, -0.05) is 12.2 Å². The first-order valence-electron chi connectivity index (χ1n) is 5.16. The second kappa shape index (κ2) is 6.27. The lowest BCUT2D eigenvalue weighted by Crippen LogP contribution is -2.31. The molecule has 0 aromatic heterocycles. The van der Waals surface area contributed by atoms with Crippen LogP contribution in [-0.4, -0.2) is 31.9 Å². The molecule has 90 valence electrons. The molecule has 2 atom stereocenters. The Labute approximate surface area is 94.4 Å². The second-order valence-corrected chi connectivity index (χ2v) is 3.56. The molecule has 0 amide bonds. The molecule has 1 aliphatic rings. The number of ether oxygens (including phenoxy) is 3. The summed E-state index contributed by atoms with van der Waals surface area (Å²) in [5, 5.41) is 0. The first kappa shape index (κ1) is 12.7. The lowest BCUT2D eigenvalue weighted by molar-refractivity contribution is -0.199. The van der Waals surface area contributed by atoms with Crippen LogP contribution in [0.5, 0.6) is 0 Å². The lowest BCUT2D eigenvalue weighted by Gasteiger charge is -2.16. The Morgan fingerprint density at radius 2 is 2.25 bits per heavy atom. The van der Waals surface area contributed by atoms with Crippen molar-refractivity contribution in [3.63, 3.8) is 0 Å². The fraction of sp³-hybridized carbons (Fsp3) is 0.636. The topological polar surface area (TPSA) is 61.8 Å². The molecule has 5 nitrogen and oxygen atoms in total. The average molecular weight is 228 g/mol. The second-order valence-electron chi connectivity index (χ2n) is 3.56. The van der Waals surface area contributed by atoms with Crippen LogP contribution in [0.25, 0.3) is 0 Å². The Balaban J connectivity index is 2.39. The van der Waals surface area contributed by atoms with Crippen molar-refractivity contribution in [3.8, 4) is 0 Å². The van der Waals surface area contributed by atoms with Gasteiger partial charge < -0.3 is 14.2 Å². The highest BCUT2D eigenvalue weighted by atomic mass is 16.7. The number of hydrogen-bond acceptors (Lipinski definition) is 5. The van der Waals surface area contributed by atoms with Gasteiger partial charge in [0.1, 0.15) is 0 Å². The van der Waals surface area contributed by atoms with Gasteiger partial charge in [0.15, 0.2) is 0 Å². The first-order chi connectivity index (χ1) is 7.63. The van der Waals surface area contributed by atoms with Crippen LogP contribution in [0.4, 0.5) is 0 Å². The molecular formula is C11H16O5. The van der Waals surface area contributed by atoms with Crippen LogP contribution < -0.4 is 0 Å². The van der Waals surface area contributed by atoms with Crippen molar-refractivity contribution in [2.24, 2.45) is 5.92 Å². The van der Waals surface area contributed by atoms with E-state index in [1.54, 1.807) is 0 Å². The molecule has 2 unspecified atom stereocenters. The summed E-state index contributed by atoms with van der Waals surface area (Å²) < 4.78 is 14.4. The van der Waals surface area contributed by atoms with Crippen molar-refractivity contribution >= 4 is 11.9 Å². The monoisotopic (exact) mass is 228 g/mol. The molecule has 0 aliphatic heterocycles. The summed E-state index contributed by atoms with van der Waals surface area (Å²) >= 11 is 0. The highest BCUT2D eigenvalue weighted by Gasteiger charge is 2.24. The summed E-state index contributed by atoms with van der Waals surface area (Å²) in [7, 11) is 1.22. The predicted octanol–water partition coefficient (Wildman–Crippen LogP) is 1.03. The van der Waals surface area contributed by atoms with Gasteiger partial charge in [0.2, 0.25) is 0 Å². The lowest BCUT2D eigenvalue weighted by atomic mass is 10.1. The Morgan fingerprint density at radius 3 is 2.75 bits per heavy atom. The van der Waals surface area contributed by atoms with E-state index in [0.29, 0.717) is 6.61 Å². The van der Waals surface area contributed by atoms with Crippen LogP contribution in [0, 0.1) is 5.92 Å². The smallest absolute Gasteiger partial charge is 0.376 e. The molecule has 1 rings (SSSR count). The number of carbonyl (C=O) groups is 2. The van der Waals surface area contributed by atoms with E-state index in [4.69, 9.17) is 9.47 Å². The van der Waals surface area contributed by atoms with Crippen LogP contribution in [0.1, 0.15) is 19.8 Å². The van der Waals surface area contributed by atoms with Gasteiger partial charge in [-0.05, 0) is 12.8 Å². The number of hydrogen-bond donors (Lipinski definition) is 0. The highest BCUT2D eigenvalue weighted by molar-refractivity contribution is 5.77. The van der Waals surface area contributed by atoms with Crippen molar-refractivity contribution in [2.75, 3.05) is 13.7 Å². The van der Waals surface area contributed by atoms with Crippen LogP contribution in [0.3, 0.4) is 0 Å². The summed E-state index contributed by atoms with van der Waals surface area (Å²) in [4.78, 5) is 22.0. The van der Waals surface area contributed by atoms with Crippen LogP contribution in [0.2, 0.25) is 0 Å². The predicted molar refractivity (Wildman–Crippen MR) is 55.4 cm³/mol. The molecule has 0 aromatic rings. The van der Waals surface area contributed by atoms with E-state index in [2.05, 4.69) is 10.8 Å². The van der Waals surface area contributed by atoms with Crippen molar-refractivity contribution in [1.29, 1.82) is 0 Å². The van der Waals surface area contributed by atoms with E-state index >= 15 is 0 Å². The van der Waals surface area contributed by atoms with Gasteiger partial charge in [-0.3, -0.25) is 4.79 Å². The summed E-state index contributed by atoms with van der Waals surface area (Å²) in [6.45, 7) is 1.57. The van der Waals surface area contributed by atoms with Gasteiger partial charge >= 0.3 is 18.2 Å². The zero-order valence-corrected chi connectivity index (χ0v) is 9.47. The van der Waals surface area contributed by atoms with E-state index < -0.39 is 18.2 Å². The third kappa shape index (κ3) is 4.02. The molecule has 1 aliphatic carbocycles. The van der Waals surface area contributed by atoms with Crippen LogP contribution in [0.15, 0.2) is 12.2 Å². The van der Waals surface area contributed by atoms with E-state index in [1.807, 2.05) is 6.08 Å². The third-order valence-electron chi connectivity index (χ3n) is 2.24. The summed E-state index contributed by atoms with van der Waals surface area (Å²) in [6, 6.07) is 0. The maximum Gasteiger partial charge on any atom is 0.376 e. The van der Waals surface area contributed by atoms with Crippen molar-refractivity contribution in [3.05, 3.63) is 12.2 Å². The molecule has 0 saturated carbocycles. The Bertz CT molecular complexity index is 284. The minimum absolute atomic E-state index is 0.280. The minimum Gasteiger partial charge on any atom is -0.464 e. The van der Waals surface area contributed by atoms with E-state index in [1.165, 1.54) is 14.0 Å². The van der Waals surface area contributed by atoms with Gasteiger partial charge in [-0.15, -0.1) is 0 Å². The number of methoxy groups -OCH3 is 1. The van der Waals surface area contributed by atoms with E-state index in [0.717, 1.165) is 12.8 Å². The zero-order valence-electron chi connectivity index (χ0n) is 9.47. The summed E-state index contributed by atoms with van der Waals surface area (Å²) in [5.74, 6) is -0.989. The van der Waals surface area contributed by atoms with Gasteiger partial charge in [-0.25, -0.2) is 4.79 Å². The van der Waals surface area contributed by atoms with Gasteiger partial charge in [0, 0.05) is 12.8 Å². The Kier molecular flexibility index (Phi) is 4.98. The van der Waals surface area contributed by atoms with E-state index in [9.17, 15) is 9.59 Å². The molecule has 0 bridgehead atoms. The average Bonchev–Trinajstić information content (AvgIpc) is 2.75. The molecule has 0 saturated heterocycles. The summed E-state index contributed by atoms with van der Waals surface area (Å²) in [5.41, 5.74) is 0. The largest absolute Gasteiger partial charge is 0.464 e. The molecule has 5 heteroatoms. The van der Waals surface area contributed by atoms with E-state index in [-0.39, 0.29) is 5.92 Å². The first-order valence-corrected chi connectivity index (χ1v) is 5.16. The van der Waals surface area contributed by atoms with Crippen LogP contribution in [-0.2, 0) is 23.8 Å². The third-order valence-corrected chi connectivity index (χ3v) is 2.24. The van der Waals surface area contributed by atoms with Crippen molar-refractivity contribution in [1.82, 2.24) is 0 Å². The van der Waals surface area contributed by atoms with Gasteiger partial charge in [0.05, 0.1) is 13.7 Å². The Morgan fingerprint density at radius 1 is 1.50 bits per heavy atom. The van der Waals surface area contributed by atoms with Crippen molar-refractivity contribution < 1.29 is 23.8 Å². The number of carbonyl (C=O) groups excluding carboxylic acids is 2. The standard InChI is InChI=1S/C11H16O5/c1-8(12)16-11(10(13)14-2)15-7-9-5-3-4-6-9/h3,5,9,11H,4,6-7H2,1-2H3. The number of rotatable bonds is 5. The highest BCUT2D eigenvalue weighted by Crippen LogP contribution is 2.17. The maximum absolute atomic E-state index is 11.2. The van der Waals surface area contributed by atoms with Gasteiger partial charge in [0.25, 0.3) is 0 Å². The molecule has 0 radical (unpaired) electrons. The number of allylic oxidation sites excluding steroid dienone is 1. The van der Waals surface area contributed by atoms with Gasteiger partial charge in [-0.2, -0.15) is 0 Å². The number of esters is 2. The van der Waals surface area contributed by atoms with Crippen LogP contribution >= 0.6 is 0 Å². The molecule has 0 N–H and O–H groups in total. The van der Waals surface area contributed by atoms with Crippen molar-refractivity contribution in [2.45, 2.75) is 26.1 Å². The molecule has 0 spiro atoms.